The van der Waals surface area contributed by atoms with Gasteiger partial charge in [-0.25, -0.2) is 0 Å². The third-order valence-electron chi connectivity index (χ3n) is 5.13. The van der Waals surface area contributed by atoms with E-state index >= 15 is 0 Å². The van der Waals surface area contributed by atoms with E-state index in [0.717, 1.165) is 24.0 Å². The van der Waals surface area contributed by atoms with Gasteiger partial charge in [-0.15, -0.1) is 11.8 Å². The Morgan fingerprint density at radius 2 is 1.91 bits per heavy atom. The average molecular weight is 474 g/mol. The topological polar surface area (TPSA) is 102 Å². The van der Waals surface area contributed by atoms with Gasteiger partial charge in [-0.1, -0.05) is 37.6 Å². The molecule has 0 spiro atoms. The van der Waals surface area contributed by atoms with Crippen LogP contribution in [-0.2, 0) is 21.9 Å². The minimum Gasteiger partial charge on any atom is -0.497 e. The van der Waals surface area contributed by atoms with Crippen LogP contribution in [0.4, 0.5) is 5.69 Å². The van der Waals surface area contributed by atoms with Crippen molar-refractivity contribution >= 4 is 29.3 Å². The van der Waals surface area contributed by atoms with Gasteiger partial charge in [-0.3, -0.25) is 19.7 Å². The molecule has 2 aromatic carbocycles. The van der Waals surface area contributed by atoms with Gasteiger partial charge in [-0.2, -0.15) is 0 Å². The summed E-state index contributed by atoms with van der Waals surface area (Å²) >= 11 is 1.41. The van der Waals surface area contributed by atoms with Gasteiger partial charge in [0.05, 0.1) is 17.8 Å². The lowest BCUT2D eigenvalue weighted by atomic mass is 10.1. The van der Waals surface area contributed by atoms with Crippen molar-refractivity contribution < 1.29 is 19.2 Å². The summed E-state index contributed by atoms with van der Waals surface area (Å²) in [6.07, 6.45) is 1.85. The first-order chi connectivity index (χ1) is 15.8. The molecule has 0 saturated heterocycles. The van der Waals surface area contributed by atoms with E-state index in [1.54, 1.807) is 31.1 Å². The summed E-state index contributed by atoms with van der Waals surface area (Å²) in [4.78, 5) is 37.7. The quantitative estimate of drug-likeness (QED) is 0.266. The summed E-state index contributed by atoms with van der Waals surface area (Å²) in [7, 11) is 1.58. The second-order valence-corrected chi connectivity index (χ2v) is 8.60. The first-order valence-electron chi connectivity index (χ1n) is 10.9. The van der Waals surface area contributed by atoms with Crippen molar-refractivity contribution in [3.05, 3.63) is 69.8 Å². The molecule has 0 unspecified atom stereocenters. The van der Waals surface area contributed by atoms with Crippen LogP contribution in [0.3, 0.4) is 0 Å². The summed E-state index contributed by atoms with van der Waals surface area (Å²) < 4.78 is 5.28. The number of nitrogens with zero attached hydrogens (tertiary/aromatic N) is 2. The summed E-state index contributed by atoms with van der Waals surface area (Å²) in [5.41, 5.74) is 1.80. The number of carbonyl (C=O) groups excluding carboxylic acids is 2. The van der Waals surface area contributed by atoms with Crippen LogP contribution in [0.2, 0.25) is 0 Å². The maximum absolute atomic E-state index is 13.1. The summed E-state index contributed by atoms with van der Waals surface area (Å²) in [6.45, 7) is 4.66. The Balaban J connectivity index is 2.05. The van der Waals surface area contributed by atoms with Crippen LogP contribution in [0.5, 0.6) is 5.75 Å². The number of nitrogens with one attached hydrogen (secondary N) is 1. The summed E-state index contributed by atoms with van der Waals surface area (Å²) in [5, 5.41) is 13.7. The van der Waals surface area contributed by atoms with Crippen molar-refractivity contribution in [2.45, 2.75) is 45.0 Å². The van der Waals surface area contributed by atoms with Gasteiger partial charge in [0.15, 0.2) is 0 Å². The first kappa shape index (κ1) is 26.2. The normalized spacial score (nSPS) is 11.5. The van der Waals surface area contributed by atoms with E-state index in [2.05, 4.69) is 12.2 Å². The number of hydrogen-bond acceptors (Lipinski definition) is 6. The highest BCUT2D eigenvalue weighted by atomic mass is 32.2. The second kappa shape index (κ2) is 13.5. The van der Waals surface area contributed by atoms with Crippen molar-refractivity contribution in [2.75, 3.05) is 19.4 Å². The van der Waals surface area contributed by atoms with Gasteiger partial charge < -0.3 is 15.0 Å². The van der Waals surface area contributed by atoms with Gasteiger partial charge in [0, 0.05) is 31.0 Å². The average Bonchev–Trinajstić information content (AvgIpc) is 2.82. The Kier molecular flexibility index (Phi) is 10.7. The molecule has 2 aromatic rings. The zero-order valence-electron chi connectivity index (χ0n) is 19.3. The van der Waals surface area contributed by atoms with E-state index in [4.69, 9.17) is 4.74 Å². The van der Waals surface area contributed by atoms with Crippen molar-refractivity contribution in [1.29, 1.82) is 0 Å². The largest absolute Gasteiger partial charge is 0.497 e. The van der Waals surface area contributed by atoms with E-state index < -0.39 is 11.0 Å². The Labute approximate surface area is 198 Å². The van der Waals surface area contributed by atoms with Crippen molar-refractivity contribution in [1.82, 2.24) is 10.2 Å². The number of benzene rings is 2. The zero-order chi connectivity index (χ0) is 24.2. The highest BCUT2D eigenvalue weighted by Crippen LogP contribution is 2.20. The molecule has 0 heterocycles. The number of nitro groups is 1. The molecule has 0 fully saturated rings. The molecule has 0 radical (unpaired) electrons. The highest BCUT2D eigenvalue weighted by molar-refractivity contribution is 7.99. The van der Waals surface area contributed by atoms with Crippen LogP contribution in [0.15, 0.2) is 48.5 Å². The molecule has 8 nitrogen and oxygen atoms in total. The first-order valence-corrected chi connectivity index (χ1v) is 12.0. The number of rotatable bonds is 13. The number of ether oxygens (including phenoxy) is 1. The van der Waals surface area contributed by atoms with Gasteiger partial charge in [0.25, 0.3) is 5.69 Å². The monoisotopic (exact) mass is 473 g/mol. The molecule has 9 heteroatoms. The molecule has 0 aliphatic rings. The summed E-state index contributed by atoms with van der Waals surface area (Å²) in [6, 6.07) is 13.1. The van der Waals surface area contributed by atoms with Crippen LogP contribution in [0, 0.1) is 10.1 Å². The van der Waals surface area contributed by atoms with E-state index in [-0.39, 0.29) is 29.8 Å². The van der Waals surface area contributed by atoms with Gasteiger partial charge >= 0.3 is 0 Å². The molecule has 33 heavy (non-hydrogen) atoms. The number of carbonyl (C=O) groups is 2. The second-order valence-electron chi connectivity index (χ2n) is 7.61. The fourth-order valence-electron chi connectivity index (χ4n) is 3.14. The summed E-state index contributed by atoms with van der Waals surface area (Å²) in [5.74, 6) is 1.08. The predicted octanol–water partition coefficient (Wildman–Crippen LogP) is 4.17. The molecular formula is C24H31N3O5S. The van der Waals surface area contributed by atoms with E-state index in [0.29, 0.717) is 18.0 Å². The van der Waals surface area contributed by atoms with Crippen LogP contribution in [0.1, 0.15) is 37.8 Å². The number of nitro benzene ring substituents is 1. The van der Waals surface area contributed by atoms with Gasteiger partial charge in [0.2, 0.25) is 11.8 Å². The molecule has 0 aliphatic heterocycles. The smallest absolute Gasteiger partial charge is 0.269 e. The number of hydrogen-bond donors (Lipinski definition) is 1. The molecule has 2 rings (SSSR count). The SMILES string of the molecule is CCCCNC(=O)[C@@H](C)N(Cc1cccc(OC)c1)C(=O)CSCc1ccc([N+](=O)[O-])cc1. The van der Waals surface area contributed by atoms with Crippen LogP contribution >= 0.6 is 11.8 Å². The number of unbranched alkanes of at least 4 members (excludes halogenated alkanes) is 1. The third kappa shape index (κ3) is 8.42. The number of amides is 2. The van der Waals surface area contributed by atoms with Gasteiger partial charge in [0.1, 0.15) is 11.8 Å². The van der Waals surface area contributed by atoms with Crippen LogP contribution in [-0.4, -0.2) is 47.1 Å². The van der Waals surface area contributed by atoms with Gasteiger partial charge in [-0.05, 0) is 36.6 Å². The highest BCUT2D eigenvalue weighted by Gasteiger charge is 2.26. The molecule has 2 amide bonds. The maximum Gasteiger partial charge on any atom is 0.269 e. The Bertz CT molecular complexity index is 936. The predicted molar refractivity (Wildman–Crippen MR) is 130 cm³/mol. The maximum atomic E-state index is 13.1. The Hall–Kier alpha value is -3.07. The minimum atomic E-state index is -0.625. The molecule has 0 aromatic heterocycles. The Morgan fingerprint density at radius 1 is 1.18 bits per heavy atom. The molecule has 178 valence electrons. The fourth-order valence-corrected chi connectivity index (χ4v) is 4.01. The lowest BCUT2D eigenvalue weighted by Gasteiger charge is -2.29. The molecule has 1 atom stereocenters. The molecule has 0 aliphatic carbocycles. The molecule has 0 bridgehead atoms. The standard InChI is InChI=1S/C24H31N3O5S/c1-4-5-13-25-24(29)18(2)26(15-20-7-6-8-22(14-20)32-3)23(28)17-33-16-19-9-11-21(12-10-19)27(30)31/h6-12,14,18H,4-5,13,15-17H2,1-3H3,(H,25,29)/t18-/m1/s1. The van der Waals surface area contributed by atoms with E-state index in [1.165, 1.54) is 23.9 Å². The zero-order valence-corrected chi connectivity index (χ0v) is 20.1. The molecular weight excluding hydrogens is 442 g/mol. The van der Waals surface area contributed by atoms with E-state index in [9.17, 15) is 19.7 Å². The number of thioether (sulfide) groups is 1. The van der Waals surface area contributed by atoms with Crippen LogP contribution in [0.25, 0.3) is 0 Å². The molecule has 0 saturated carbocycles. The van der Waals surface area contributed by atoms with Crippen molar-refractivity contribution in [2.24, 2.45) is 0 Å². The van der Waals surface area contributed by atoms with E-state index in [1.807, 2.05) is 24.3 Å². The minimum absolute atomic E-state index is 0.0344. The fraction of sp³-hybridized carbons (Fsp3) is 0.417. The Morgan fingerprint density at radius 3 is 2.55 bits per heavy atom. The lowest BCUT2D eigenvalue weighted by molar-refractivity contribution is -0.384. The lowest BCUT2D eigenvalue weighted by Crippen LogP contribution is -2.48. The third-order valence-corrected chi connectivity index (χ3v) is 6.11. The number of methoxy groups -OCH3 is 1. The van der Waals surface area contributed by atoms with Crippen molar-refractivity contribution in [3.63, 3.8) is 0 Å². The van der Waals surface area contributed by atoms with Crippen molar-refractivity contribution in [3.8, 4) is 5.75 Å². The number of non-ortho nitro benzene ring substituents is 1. The van der Waals surface area contributed by atoms with Crippen LogP contribution < -0.4 is 10.1 Å². The molecule has 1 N–H and O–H groups in total.